The van der Waals surface area contributed by atoms with Gasteiger partial charge in [0.05, 0.1) is 11.1 Å². The van der Waals surface area contributed by atoms with Crippen LogP contribution in [0.3, 0.4) is 0 Å². The molecule has 2 aromatic heterocycles. The van der Waals surface area contributed by atoms with E-state index in [2.05, 4.69) is 49.9 Å². The predicted molar refractivity (Wildman–Crippen MR) is 69.8 cm³/mol. The van der Waals surface area contributed by atoms with Crippen LogP contribution in [0.15, 0.2) is 0 Å². The molecule has 0 aliphatic heterocycles. The molecule has 0 unspecified atom stereocenters. The molecule has 0 amide bonds. The largest absolute Gasteiger partial charge is 0.383 e. The third kappa shape index (κ3) is 2.01. The highest BCUT2D eigenvalue weighted by Crippen LogP contribution is 2.31. The first kappa shape index (κ1) is 12.0. The molecule has 94 valence electrons. The summed E-state index contributed by atoms with van der Waals surface area (Å²) >= 11 is 0. The SMILES string of the molecule is CC(C)Cn1nc(C(C)(C)C)c2c(N)[nH]nc21. The summed E-state index contributed by atoms with van der Waals surface area (Å²) in [6.07, 6.45) is 0. The molecule has 5 heteroatoms. The van der Waals surface area contributed by atoms with Crippen molar-refractivity contribution in [3.63, 3.8) is 0 Å². The molecule has 2 aromatic rings. The number of hydrogen-bond acceptors (Lipinski definition) is 3. The van der Waals surface area contributed by atoms with E-state index in [1.54, 1.807) is 0 Å². The van der Waals surface area contributed by atoms with E-state index in [0.717, 1.165) is 23.3 Å². The number of nitrogens with two attached hydrogens (primary N) is 1. The highest BCUT2D eigenvalue weighted by Gasteiger charge is 2.25. The number of nitrogen functional groups attached to an aromatic ring is 1. The minimum absolute atomic E-state index is 0.0293. The Bertz CT molecular complexity index is 527. The van der Waals surface area contributed by atoms with Crippen molar-refractivity contribution in [2.75, 3.05) is 5.73 Å². The minimum atomic E-state index is -0.0293. The van der Waals surface area contributed by atoms with Gasteiger partial charge in [0, 0.05) is 12.0 Å². The Hall–Kier alpha value is -1.52. The zero-order valence-electron chi connectivity index (χ0n) is 11.2. The van der Waals surface area contributed by atoms with Gasteiger partial charge in [-0.3, -0.25) is 5.10 Å². The van der Waals surface area contributed by atoms with Crippen molar-refractivity contribution >= 4 is 16.9 Å². The van der Waals surface area contributed by atoms with E-state index in [0.29, 0.717) is 11.7 Å². The molecule has 2 heterocycles. The topological polar surface area (TPSA) is 72.5 Å². The number of nitrogens with one attached hydrogen (secondary N) is 1. The fourth-order valence-corrected chi connectivity index (χ4v) is 1.98. The van der Waals surface area contributed by atoms with Gasteiger partial charge in [0.25, 0.3) is 0 Å². The van der Waals surface area contributed by atoms with Gasteiger partial charge in [-0.1, -0.05) is 34.6 Å². The average Bonchev–Trinajstić information content (AvgIpc) is 2.67. The van der Waals surface area contributed by atoms with Crippen LogP contribution in [0.1, 0.15) is 40.3 Å². The lowest BCUT2D eigenvalue weighted by atomic mass is 9.91. The fourth-order valence-electron chi connectivity index (χ4n) is 1.98. The Labute approximate surface area is 101 Å². The summed E-state index contributed by atoms with van der Waals surface area (Å²) in [6, 6.07) is 0. The van der Waals surface area contributed by atoms with Gasteiger partial charge >= 0.3 is 0 Å². The van der Waals surface area contributed by atoms with E-state index < -0.39 is 0 Å². The molecule has 0 spiro atoms. The summed E-state index contributed by atoms with van der Waals surface area (Å²) in [5, 5.41) is 12.8. The second-order valence-corrected chi connectivity index (χ2v) is 6.01. The molecule has 0 fully saturated rings. The maximum atomic E-state index is 5.95. The highest BCUT2D eigenvalue weighted by molar-refractivity contribution is 5.89. The third-order valence-electron chi connectivity index (χ3n) is 2.73. The van der Waals surface area contributed by atoms with E-state index in [4.69, 9.17) is 5.73 Å². The van der Waals surface area contributed by atoms with Gasteiger partial charge in [-0.15, -0.1) is 0 Å². The fraction of sp³-hybridized carbons (Fsp3) is 0.667. The molecular weight excluding hydrogens is 214 g/mol. The van der Waals surface area contributed by atoms with Gasteiger partial charge in [-0.2, -0.15) is 10.2 Å². The van der Waals surface area contributed by atoms with Crippen LogP contribution in [-0.4, -0.2) is 20.0 Å². The first-order valence-corrected chi connectivity index (χ1v) is 6.01. The Morgan fingerprint density at radius 3 is 2.53 bits per heavy atom. The van der Waals surface area contributed by atoms with Crippen LogP contribution in [0, 0.1) is 5.92 Å². The number of nitrogens with zero attached hydrogens (tertiary/aromatic N) is 3. The molecule has 0 saturated carbocycles. The Morgan fingerprint density at radius 1 is 1.35 bits per heavy atom. The van der Waals surface area contributed by atoms with Crippen LogP contribution in [0.4, 0.5) is 5.82 Å². The predicted octanol–water partition coefficient (Wildman–Crippen LogP) is 2.30. The molecule has 0 saturated heterocycles. The Balaban J connectivity index is 2.64. The summed E-state index contributed by atoms with van der Waals surface area (Å²) in [6.45, 7) is 11.6. The monoisotopic (exact) mass is 235 g/mol. The molecule has 0 radical (unpaired) electrons. The molecule has 0 atom stereocenters. The van der Waals surface area contributed by atoms with Crippen LogP contribution < -0.4 is 5.73 Å². The number of rotatable bonds is 2. The van der Waals surface area contributed by atoms with Crippen LogP contribution in [0.5, 0.6) is 0 Å². The standard InChI is InChI=1S/C12H21N5/c1-7(2)6-17-11-8(10(13)14-15-11)9(16-17)12(3,4)5/h7H,6H2,1-5H3,(H3,13,14,15). The third-order valence-corrected chi connectivity index (χ3v) is 2.73. The lowest BCUT2D eigenvalue weighted by molar-refractivity contribution is 0.472. The van der Waals surface area contributed by atoms with Crippen LogP contribution >= 0.6 is 0 Å². The highest BCUT2D eigenvalue weighted by atomic mass is 15.3. The first-order chi connectivity index (χ1) is 7.80. The second kappa shape index (κ2) is 3.75. The number of aromatic nitrogens is 4. The molecule has 3 N–H and O–H groups in total. The van der Waals surface area contributed by atoms with Crippen molar-refractivity contribution in [3.8, 4) is 0 Å². The Kier molecular flexibility index (Phi) is 2.64. The maximum absolute atomic E-state index is 5.95. The van der Waals surface area contributed by atoms with E-state index in [9.17, 15) is 0 Å². The lowest BCUT2D eigenvalue weighted by Crippen LogP contribution is -2.15. The smallest absolute Gasteiger partial charge is 0.182 e. The molecular formula is C12H21N5. The van der Waals surface area contributed by atoms with Gasteiger partial charge in [0.2, 0.25) is 0 Å². The summed E-state index contributed by atoms with van der Waals surface area (Å²) in [4.78, 5) is 0. The van der Waals surface area contributed by atoms with Gasteiger partial charge < -0.3 is 5.73 Å². The summed E-state index contributed by atoms with van der Waals surface area (Å²) in [5.41, 5.74) is 7.79. The van der Waals surface area contributed by atoms with Crippen molar-refractivity contribution in [3.05, 3.63) is 5.69 Å². The van der Waals surface area contributed by atoms with Gasteiger partial charge in [0.1, 0.15) is 5.82 Å². The van der Waals surface area contributed by atoms with Gasteiger partial charge in [0.15, 0.2) is 5.65 Å². The number of aromatic amines is 1. The molecule has 0 aliphatic carbocycles. The molecule has 0 bridgehead atoms. The zero-order valence-corrected chi connectivity index (χ0v) is 11.2. The van der Waals surface area contributed by atoms with Crippen LogP contribution in [-0.2, 0) is 12.0 Å². The molecule has 17 heavy (non-hydrogen) atoms. The number of hydrogen-bond donors (Lipinski definition) is 2. The zero-order chi connectivity index (χ0) is 12.8. The van der Waals surface area contributed by atoms with Crippen molar-refractivity contribution in [1.82, 2.24) is 20.0 Å². The summed E-state index contributed by atoms with van der Waals surface area (Å²) in [5.74, 6) is 1.14. The van der Waals surface area contributed by atoms with E-state index in [1.807, 2.05) is 4.68 Å². The van der Waals surface area contributed by atoms with Crippen molar-refractivity contribution in [2.24, 2.45) is 5.92 Å². The first-order valence-electron chi connectivity index (χ1n) is 6.01. The van der Waals surface area contributed by atoms with Crippen molar-refractivity contribution in [1.29, 1.82) is 0 Å². The van der Waals surface area contributed by atoms with E-state index in [-0.39, 0.29) is 5.41 Å². The van der Waals surface area contributed by atoms with Gasteiger partial charge in [-0.25, -0.2) is 4.68 Å². The summed E-state index contributed by atoms with van der Waals surface area (Å²) < 4.78 is 1.95. The van der Waals surface area contributed by atoms with Crippen LogP contribution in [0.2, 0.25) is 0 Å². The average molecular weight is 235 g/mol. The quantitative estimate of drug-likeness (QED) is 0.838. The number of fused-ring (bicyclic) bond motifs is 1. The number of H-pyrrole nitrogens is 1. The van der Waals surface area contributed by atoms with Crippen LogP contribution in [0.25, 0.3) is 11.0 Å². The van der Waals surface area contributed by atoms with E-state index in [1.165, 1.54) is 0 Å². The molecule has 5 nitrogen and oxygen atoms in total. The molecule has 2 rings (SSSR count). The van der Waals surface area contributed by atoms with Crippen molar-refractivity contribution < 1.29 is 0 Å². The second-order valence-electron chi connectivity index (χ2n) is 6.01. The minimum Gasteiger partial charge on any atom is -0.383 e. The number of anilines is 1. The van der Waals surface area contributed by atoms with Crippen molar-refractivity contribution in [2.45, 2.75) is 46.6 Å². The Morgan fingerprint density at radius 2 is 2.00 bits per heavy atom. The lowest BCUT2D eigenvalue weighted by Gasteiger charge is -2.15. The maximum Gasteiger partial charge on any atom is 0.182 e. The van der Waals surface area contributed by atoms with Gasteiger partial charge in [-0.05, 0) is 5.92 Å². The van der Waals surface area contributed by atoms with E-state index >= 15 is 0 Å². The summed E-state index contributed by atoms with van der Waals surface area (Å²) in [7, 11) is 0. The molecule has 0 aliphatic rings. The molecule has 0 aromatic carbocycles. The normalized spacial score (nSPS) is 12.8.